The minimum absolute atomic E-state index is 0.0785. The van der Waals surface area contributed by atoms with E-state index in [1.54, 1.807) is 17.0 Å². The highest BCUT2D eigenvalue weighted by atomic mass is 16.6. The fourth-order valence-corrected chi connectivity index (χ4v) is 2.65. The lowest BCUT2D eigenvalue weighted by molar-refractivity contribution is -0.384. The molecule has 0 radical (unpaired) electrons. The predicted octanol–water partition coefficient (Wildman–Crippen LogP) is 2.56. The first-order valence-electron chi connectivity index (χ1n) is 7.64. The molecule has 0 aliphatic heterocycles. The van der Waals surface area contributed by atoms with Gasteiger partial charge in [0.15, 0.2) is 5.58 Å². The average Bonchev–Trinajstić information content (AvgIpc) is 2.91. The Hall–Kier alpha value is -3.42. The van der Waals surface area contributed by atoms with Gasteiger partial charge < -0.3 is 9.32 Å². The molecule has 1 amide bonds. The van der Waals surface area contributed by atoms with Crippen LogP contribution < -0.4 is 10.7 Å². The van der Waals surface area contributed by atoms with Crippen molar-refractivity contribution in [3.63, 3.8) is 0 Å². The van der Waals surface area contributed by atoms with Crippen molar-refractivity contribution in [1.82, 2.24) is 4.57 Å². The monoisotopic (exact) mass is 341 g/mol. The topological polar surface area (TPSA) is 98.6 Å². The molecule has 8 nitrogen and oxygen atoms in total. The molecule has 0 unspecified atom stereocenters. The largest absolute Gasteiger partial charge is 0.420 e. The number of aromatic nitrogens is 1. The van der Waals surface area contributed by atoms with Gasteiger partial charge in [0, 0.05) is 18.3 Å². The van der Waals surface area contributed by atoms with Gasteiger partial charge in [-0.15, -0.1) is 0 Å². The second kappa shape index (κ2) is 6.60. The Morgan fingerprint density at radius 2 is 1.96 bits per heavy atom. The molecular formula is C17H15N3O5. The molecule has 0 fully saturated rings. The summed E-state index contributed by atoms with van der Waals surface area (Å²) in [5, 5.41) is 10.8. The standard InChI is InChI=1S/C17H15N3O5/c1-2-18(12-6-4-3-5-7-12)16(21)11-19-14-9-8-13(20(23)24)10-15(14)25-17(19)22/h3-10H,2,11H2,1H3. The lowest BCUT2D eigenvalue weighted by Gasteiger charge is -2.21. The molecule has 25 heavy (non-hydrogen) atoms. The normalized spacial score (nSPS) is 10.8. The molecule has 1 aromatic heterocycles. The van der Waals surface area contributed by atoms with Gasteiger partial charge in [0.25, 0.3) is 5.69 Å². The summed E-state index contributed by atoms with van der Waals surface area (Å²) in [4.78, 5) is 36.5. The quantitative estimate of drug-likeness (QED) is 0.524. The SMILES string of the molecule is CCN(C(=O)Cn1c(=O)oc2cc([N+](=O)[O-])ccc21)c1ccccc1. The van der Waals surface area contributed by atoms with Crippen LogP contribution in [0.1, 0.15) is 6.92 Å². The van der Waals surface area contributed by atoms with Crippen LogP contribution >= 0.6 is 0 Å². The van der Waals surface area contributed by atoms with Crippen LogP contribution in [-0.4, -0.2) is 21.9 Å². The molecule has 0 atom stereocenters. The first-order valence-corrected chi connectivity index (χ1v) is 7.64. The van der Waals surface area contributed by atoms with Crippen molar-refractivity contribution < 1.29 is 14.1 Å². The maximum Gasteiger partial charge on any atom is 0.420 e. The maximum absolute atomic E-state index is 12.6. The van der Waals surface area contributed by atoms with Crippen LogP contribution in [0.5, 0.6) is 0 Å². The van der Waals surface area contributed by atoms with E-state index >= 15 is 0 Å². The van der Waals surface area contributed by atoms with Crippen molar-refractivity contribution in [1.29, 1.82) is 0 Å². The minimum Gasteiger partial charge on any atom is -0.407 e. The summed E-state index contributed by atoms with van der Waals surface area (Å²) in [5.41, 5.74) is 0.966. The zero-order valence-corrected chi connectivity index (χ0v) is 13.4. The number of nitrogens with zero attached hydrogens (tertiary/aromatic N) is 3. The predicted molar refractivity (Wildman–Crippen MR) is 91.6 cm³/mol. The van der Waals surface area contributed by atoms with Crippen LogP contribution in [0.4, 0.5) is 11.4 Å². The Labute approximate surface area is 142 Å². The number of para-hydroxylation sites is 1. The fourth-order valence-electron chi connectivity index (χ4n) is 2.65. The zero-order valence-electron chi connectivity index (χ0n) is 13.4. The highest BCUT2D eigenvalue weighted by molar-refractivity contribution is 5.93. The van der Waals surface area contributed by atoms with Crippen molar-refractivity contribution in [2.45, 2.75) is 13.5 Å². The van der Waals surface area contributed by atoms with Gasteiger partial charge in [0.2, 0.25) is 5.91 Å². The number of nitro benzene ring substituents is 1. The van der Waals surface area contributed by atoms with E-state index in [9.17, 15) is 19.7 Å². The summed E-state index contributed by atoms with van der Waals surface area (Å²) in [7, 11) is 0. The van der Waals surface area contributed by atoms with Gasteiger partial charge >= 0.3 is 5.76 Å². The Bertz CT molecular complexity index is 990. The van der Waals surface area contributed by atoms with Gasteiger partial charge in [0.1, 0.15) is 6.54 Å². The van der Waals surface area contributed by atoms with E-state index in [2.05, 4.69) is 0 Å². The van der Waals surface area contributed by atoms with Crippen LogP contribution in [0.25, 0.3) is 11.1 Å². The smallest absolute Gasteiger partial charge is 0.407 e. The molecule has 0 bridgehead atoms. The molecule has 3 rings (SSSR count). The zero-order chi connectivity index (χ0) is 18.0. The second-order valence-electron chi connectivity index (χ2n) is 5.34. The van der Waals surface area contributed by atoms with Crippen LogP contribution in [0.15, 0.2) is 57.7 Å². The fraction of sp³-hybridized carbons (Fsp3) is 0.176. The number of carbonyl (C=O) groups is 1. The third kappa shape index (κ3) is 3.14. The number of hydrogen-bond acceptors (Lipinski definition) is 5. The molecule has 8 heteroatoms. The first kappa shape index (κ1) is 16.4. The maximum atomic E-state index is 12.6. The van der Waals surface area contributed by atoms with E-state index in [1.165, 1.54) is 22.8 Å². The number of oxazole rings is 1. The van der Waals surface area contributed by atoms with E-state index < -0.39 is 10.7 Å². The van der Waals surface area contributed by atoms with E-state index in [1.807, 2.05) is 25.1 Å². The summed E-state index contributed by atoms with van der Waals surface area (Å²) in [6, 6.07) is 13.0. The van der Waals surface area contributed by atoms with E-state index in [4.69, 9.17) is 4.42 Å². The number of nitro groups is 1. The number of rotatable bonds is 5. The van der Waals surface area contributed by atoms with E-state index in [-0.39, 0.29) is 23.7 Å². The molecular weight excluding hydrogens is 326 g/mol. The lowest BCUT2D eigenvalue weighted by atomic mass is 10.2. The number of benzene rings is 2. The Morgan fingerprint density at radius 3 is 2.60 bits per heavy atom. The molecule has 3 aromatic rings. The number of non-ortho nitro benzene ring substituents is 1. The molecule has 0 spiro atoms. The molecule has 0 aliphatic rings. The van der Waals surface area contributed by atoms with Crippen LogP contribution in [0, 0.1) is 10.1 Å². The van der Waals surface area contributed by atoms with Crippen molar-refractivity contribution >= 4 is 28.4 Å². The highest BCUT2D eigenvalue weighted by Gasteiger charge is 2.19. The first-order chi connectivity index (χ1) is 12.0. The van der Waals surface area contributed by atoms with Gasteiger partial charge in [0.05, 0.1) is 16.5 Å². The van der Waals surface area contributed by atoms with E-state index in [0.29, 0.717) is 12.1 Å². The molecule has 0 saturated carbocycles. The minimum atomic E-state index is -0.729. The second-order valence-corrected chi connectivity index (χ2v) is 5.34. The summed E-state index contributed by atoms with van der Waals surface area (Å²) < 4.78 is 6.22. The van der Waals surface area contributed by atoms with Gasteiger partial charge in [-0.25, -0.2) is 4.79 Å². The van der Waals surface area contributed by atoms with Crippen molar-refractivity contribution in [3.8, 4) is 0 Å². The molecule has 1 heterocycles. The molecule has 2 aromatic carbocycles. The number of likely N-dealkylation sites (N-methyl/N-ethyl adjacent to an activating group) is 1. The Morgan fingerprint density at radius 1 is 1.24 bits per heavy atom. The van der Waals surface area contributed by atoms with Gasteiger partial charge in [-0.1, -0.05) is 18.2 Å². The Balaban J connectivity index is 1.94. The lowest BCUT2D eigenvalue weighted by Crippen LogP contribution is -2.35. The van der Waals surface area contributed by atoms with Crippen LogP contribution in [0.3, 0.4) is 0 Å². The third-order valence-electron chi connectivity index (χ3n) is 3.84. The average molecular weight is 341 g/mol. The number of anilines is 1. The van der Waals surface area contributed by atoms with Crippen molar-refractivity contribution in [2.75, 3.05) is 11.4 Å². The van der Waals surface area contributed by atoms with E-state index in [0.717, 1.165) is 5.69 Å². The van der Waals surface area contributed by atoms with Gasteiger partial charge in [-0.2, -0.15) is 0 Å². The van der Waals surface area contributed by atoms with Crippen LogP contribution in [-0.2, 0) is 11.3 Å². The molecule has 0 aliphatic carbocycles. The number of fused-ring (bicyclic) bond motifs is 1. The van der Waals surface area contributed by atoms with Gasteiger partial charge in [-0.3, -0.25) is 19.5 Å². The molecule has 0 saturated heterocycles. The third-order valence-corrected chi connectivity index (χ3v) is 3.84. The summed E-state index contributed by atoms with van der Waals surface area (Å²) >= 11 is 0. The summed E-state index contributed by atoms with van der Waals surface area (Å²) in [6.45, 7) is 2.07. The van der Waals surface area contributed by atoms with Crippen molar-refractivity contribution in [3.05, 3.63) is 69.2 Å². The summed E-state index contributed by atoms with van der Waals surface area (Å²) in [6.07, 6.45) is 0. The molecule has 0 N–H and O–H groups in total. The van der Waals surface area contributed by atoms with Gasteiger partial charge in [-0.05, 0) is 25.1 Å². The van der Waals surface area contributed by atoms with Crippen LogP contribution in [0.2, 0.25) is 0 Å². The number of carbonyl (C=O) groups excluding carboxylic acids is 1. The molecule has 128 valence electrons. The number of hydrogen-bond donors (Lipinski definition) is 0. The highest BCUT2D eigenvalue weighted by Crippen LogP contribution is 2.20. The number of amides is 1. The van der Waals surface area contributed by atoms with Crippen molar-refractivity contribution in [2.24, 2.45) is 0 Å². The Kier molecular flexibility index (Phi) is 4.34. The summed E-state index contributed by atoms with van der Waals surface area (Å²) in [5.74, 6) is -1.01.